The molecule has 0 spiro atoms. The van der Waals surface area contributed by atoms with Gasteiger partial charge in [0.15, 0.2) is 5.60 Å². The number of aryl methyl sites for hydroxylation is 1. The quantitative estimate of drug-likeness (QED) is 0.303. The molecule has 0 radical (unpaired) electrons. The summed E-state index contributed by atoms with van der Waals surface area (Å²) in [6.45, 7) is 12.9. The molecule has 4 N–H and O–H groups in total. The van der Waals surface area contributed by atoms with Gasteiger partial charge in [-0.2, -0.15) is 0 Å². The molecule has 0 amide bonds. The second-order valence-corrected chi connectivity index (χ2v) is 11.0. The highest BCUT2D eigenvalue weighted by Crippen LogP contribution is 2.45. The summed E-state index contributed by atoms with van der Waals surface area (Å²) >= 11 is 0. The number of carboxylic acids is 3. The topological polar surface area (TPSA) is 157 Å². The van der Waals surface area contributed by atoms with Crippen molar-refractivity contribution in [2.24, 2.45) is 11.3 Å². The predicted molar refractivity (Wildman–Crippen MR) is 136 cm³/mol. The van der Waals surface area contributed by atoms with Crippen LogP contribution in [-0.2, 0) is 24.7 Å². The number of aliphatic hydroxyl groups is 1. The fourth-order valence-corrected chi connectivity index (χ4v) is 4.77. The third-order valence-electron chi connectivity index (χ3n) is 7.52. The number of likely N-dealkylation sites (tertiary alicyclic amines) is 1. The minimum atomic E-state index is -2.74. The fourth-order valence-electron chi connectivity index (χ4n) is 4.77. The van der Waals surface area contributed by atoms with Crippen LogP contribution in [-0.4, -0.2) is 80.1 Å². The van der Waals surface area contributed by atoms with Crippen LogP contribution in [0.4, 0.5) is 0 Å². The Morgan fingerprint density at radius 3 is 2.22 bits per heavy atom. The van der Waals surface area contributed by atoms with Gasteiger partial charge in [-0.05, 0) is 71.0 Å². The van der Waals surface area contributed by atoms with Crippen molar-refractivity contribution in [3.05, 3.63) is 29.6 Å². The zero-order chi connectivity index (χ0) is 27.9. The average Bonchev–Trinajstić information content (AvgIpc) is 3.54. The van der Waals surface area contributed by atoms with E-state index in [1.165, 1.54) is 44.2 Å². The van der Waals surface area contributed by atoms with Gasteiger partial charge < -0.3 is 25.2 Å². The van der Waals surface area contributed by atoms with Crippen molar-refractivity contribution in [3.8, 4) is 0 Å². The van der Waals surface area contributed by atoms with Gasteiger partial charge in [-0.1, -0.05) is 18.9 Å². The van der Waals surface area contributed by atoms with Gasteiger partial charge >= 0.3 is 17.9 Å². The average molecular weight is 523 g/mol. The lowest BCUT2D eigenvalue weighted by molar-refractivity contribution is -0.170. The Balaban J connectivity index is 0.000000317. The largest absolute Gasteiger partial charge is 0.481 e. The van der Waals surface area contributed by atoms with Crippen molar-refractivity contribution >= 4 is 17.9 Å². The van der Waals surface area contributed by atoms with Crippen molar-refractivity contribution in [1.29, 1.82) is 0 Å². The van der Waals surface area contributed by atoms with Crippen LogP contribution in [0.15, 0.2) is 18.3 Å². The normalized spacial score (nSPS) is 20.2. The fraction of sp³-hybridized carbons (Fsp3) is 0.704. The van der Waals surface area contributed by atoms with Crippen LogP contribution in [0.2, 0.25) is 0 Å². The van der Waals surface area contributed by atoms with E-state index in [0.717, 1.165) is 31.4 Å². The highest BCUT2D eigenvalue weighted by molar-refractivity contribution is 5.88. The summed E-state index contributed by atoms with van der Waals surface area (Å²) in [4.78, 5) is 37.7. The standard InChI is InChI=1S/C21H34N2O.C6H8O7/c1-5-24-16-21(11-10-18-7-8-18)12-13-23(15-21)20(3,4)19-9-6-17(2)22-14-19;7-3(8)1-6(13,5(11)12)2-4(9)10/h6,9,14,18H,5,7-8,10-13,15-16H2,1-4H3;13H,1-2H2,(H,7,8)(H,9,10)(H,11,12)/t21-;/m0./s1. The molecule has 1 aliphatic heterocycles. The molecule has 1 atom stereocenters. The summed E-state index contributed by atoms with van der Waals surface area (Å²) < 4.78 is 5.92. The molecule has 0 bridgehead atoms. The number of hydrogen-bond acceptors (Lipinski definition) is 7. The first kappa shape index (κ1) is 30.7. The third-order valence-corrected chi connectivity index (χ3v) is 7.52. The van der Waals surface area contributed by atoms with Crippen LogP contribution in [0, 0.1) is 18.3 Å². The van der Waals surface area contributed by atoms with Gasteiger partial charge in [0.25, 0.3) is 0 Å². The van der Waals surface area contributed by atoms with Gasteiger partial charge in [0, 0.05) is 36.0 Å². The van der Waals surface area contributed by atoms with E-state index in [-0.39, 0.29) is 5.54 Å². The molecule has 0 unspecified atom stereocenters. The molecule has 10 heteroatoms. The van der Waals surface area contributed by atoms with Crippen molar-refractivity contribution < 1.29 is 39.5 Å². The summed E-state index contributed by atoms with van der Waals surface area (Å²) in [6, 6.07) is 4.38. The maximum absolute atomic E-state index is 10.3. The SMILES string of the molecule is CCOC[C@@]1(CCC2CC2)CCN(C(C)(C)c2ccc(C)nc2)C1.O=C(O)CC(O)(CC(=O)O)C(=O)O. The molecule has 3 rings (SSSR count). The number of carbonyl (C=O) groups is 3. The number of nitrogens with zero attached hydrogens (tertiary/aromatic N) is 2. The van der Waals surface area contributed by atoms with Crippen molar-refractivity contribution in [2.45, 2.75) is 83.8 Å². The van der Waals surface area contributed by atoms with Gasteiger partial charge in [0.1, 0.15) is 0 Å². The van der Waals surface area contributed by atoms with Crippen LogP contribution >= 0.6 is 0 Å². The number of ether oxygens (including phenoxy) is 1. The molecule has 1 aromatic heterocycles. The number of hydrogen-bond donors (Lipinski definition) is 4. The van der Waals surface area contributed by atoms with Crippen LogP contribution < -0.4 is 0 Å². The van der Waals surface area contributed by atoms with Crippen LogP contribution in [0.3, 0.4) is 0 Å². The molecular weight excluding hydrogens is 480 g/mol. The second kappa shape index (κ2) is 12.8. The maximum Gasteiger partial charge on any atom is 0.336 e. The summed E-state index contributed by atoms with van der Waals surface area (Å²) in [5, 5.41) is 33.8. The highest BCUT2D eigenvalue weighted by atomic mass is 16.5. The Morgan fingerprint density at radius 2 is 1.76 bits per heavy atom. The predicted octanol–water partition coefficient (Wildman–Crippen LogP) is 3.30. The smallest absolute Gasteiger partial charge is 0.336 e. The summed E-state index contributed by atoms with van der Waals surface area (Å²) in [6.07, 6.45) is 6.67. The first-order valence-corrected chi connectivity index (χ1v) is 12.9. The Bertz CT molecular complexity index is 913. The summed E-state index contributed by atoms with van der Waals surface area (Å²) in [7, 11) is 0. The van der Waals surface area contributed by atoms with Gasteiger partial charge in [-0.3, -0.25) is 19.5 Å². The van der Waals surface area contributed by atoms with Gasteiger partial charge in [-0.25, -0.2) is 4.79 Å². The first-order chi connectivity index (χ1) is 17.2. The Kier molecular flexibility index (Phi) is 10.6. The van der Waals surface area contributed by atoms with E-state index in [2.05, 4.69) is 55.9 Å². The van der Waals surface area contributed by atoms with Gasteiger partial charge in [0.05, 0.1) is 19.4 Å². The van der Waals surface area contributed by atoms with E-state index >= 15 is 0 Å². The van der Waals surface area contributed by atoms with Crippen molar-refractivity contribution in [2.75, 3.05) is 26.3 Å². The Hall–Kier alpha value is -2.56. The van der Waals surface area contributed by atoms with Crippen LogP contribution in [0.5, 0.6) is 0 Å². The minimum absolute atomic E-state index is 0.0360. The van der Waals surface area contributed by atoms with E-state index in [1.807, 2.05) is 0 Å². The van der Waals surface area contributed by atoms with E-state index in [9.17, 15) is 14.4 Å². The molecule has 2 fully saturated rings. The first-order valence-electron chi connectivity index (χ1n) is 12.9. The monoisotopic (exact) mass is 522 g/mol. The Labute approximate surface area is 218 Å². The van der Waals surface area contributed by atoms with Crippen LogP contribution in [0.25, 0.3) is 0 Å². The lowest BCUT2D eigenvalue weighted by atomic mass is 9.82. The molecule has 208 valence electrons. The molecule has 2 aliphatic rings. The third kappa shape index (κ3) is 9.05. The molecule has 1 saturated heterocycles. The minimum Gasteiger partial charge on any atom is -0.481 e. The molecule has 1 saturated carbocycles. The van der Waals surface area contributed by atoms with Crippen LogP contribution in [0.1, 0.15) is 77.0 Å². The highest BCUT2D eigenvalue weighted by Gasteiger charge is 2.44. The van der Waals surface area contributed by atoms with E-state index in [4.69, 9.17) is 25.2 Å². The maximum atomic E-state index is 10.3. The molecule has 1 aromatic rings. The number of carboxylic acid groups (broad SMARTS) is 3. The van der Waals surface area contributed by atoms with E-state index < -0.39 is 36.4 Å². The van der Waals surface area contributed by atoms with E-state index in [1.54, 1.807) is 0 Å². The van der Waals surface area contributed by atoms with E-state index in [0.29, 0.717) is 5.41 Å². The molecule has 1 aliphatic carbocycles. The lowest BCUT2D eigenvalue weighted by Crippen LogP contribution is -2.42. The number of aliphatic carboxylic acids is 3. The molecule has 0 aromatic carbocycles. The molecule has 2 heterocycles. The van der Waals surface area contributed by atoms with Gasteiger partial charge in [0.2, 0.25) is 0 Å². The lowest BCUT2D eigenvalue weighted by Gasteiger charge is -2.38. The Morgan fingerprint density at radius 1 is 1.14 bits per heavy atom. The molecule has 10 nitrogen and oxygen atoms in total. The number of pyridine rings is 1. The number of aromatic nitrogens is 1. The van der Waals surface area contributed by atoms with Crippen molar-refractivity contribution in [3.63, 3.8) is 0 Å². The number of rotatable bonds is 13. The van der Waals surface area contributed by atoms with Gasteiger partial charge in [-0.15, -0.1) is 0 Å². The zero-order valence-electron chi connectivity index (χ0n) is 22.4. The molecule has 37 heavy (non-hydrogen) atoms. The second-order valence-electron chi connectivity index (χ2n) is 11.0. The molecular formula is C27H42N2O8. The summed E-state index contributed by atoms with van der Waals surface area (Å²) in [5.74, 6) is -4.01. The van der Waals surface area contributed by atoms with Crippen molar-refractivity contribution in [1.82, 2.24) is 9.88 Å². The zero-order valence-corrected chi connectivity index (χ0v) is 22.4. The summed E-state index contributed by atoms with van der Waals surface area (Å²) in [5.41, 5.74) is 0.0634.